The van der Waals surface area contributed by atoms with Crippen LogP contribution in [0.25, 0.3) is 11.3 Å². The number of ether oxygens (including phenoxy) is 3. The molecule has 1 aliphatic heterocycles. The van der Waals surface area contributed by atoms with Crippen LogP contribution in [0.4, 0.5) is 0 Å². The van der Waals surface area contributed by atoms with Crippen LogP contribution >= 0.6 is 23.2 Å². The molecule has 2 aromatic carbocycles. The number of benzene rings is 2. The first-order chi connectivity index (χ1) is 17.1. The monoisotopic (exact) mass is 514 g/mol. The standard InChI is InChI=1S/C25H24Cl2N4O4/c26-19-3-6-22(23(27)13-19)25(16-30-10-9-28-17-30)34-15-21(35-25)14-33-20-4-1-18(2-5-20)24-7-8-29-31(24)11-12-32/h1-10,13,17,21,32H,11-12,14-16H2/t21-,25-/m1/s1. The van der Waals surface area contributed by atoms with Gasteiger partial charge < -0.3 is 23.9 Å². The lowest BCUT2D eigenvalue weighted by Gasteiger charge is -2.30. The Labute approximate surface area is 212 Å². The molecule has 0 spiro atoms. The minimum absolute atomic E-state index is 0.0307. The third-order valence-electron chi connectivity index (χ3n) is 5.77. The molecule has 0 unspecified atom stereocenters. The summed E-state index contributed by atoms with van der Waals surface area (Å²) in [5.74, 6) is -0.382. The topological polar surface area (TPSA) is 83.6 Å². The van der Waals surface area contributed by atoms with Crippen molar-refractivity contribution in [1.82, 2.24) is 19.3 Å². The lowest BCUT2D eigenvalue weighted by Crippen LogP contribution is -2.34. The third kappa shape index (κ3) is 5.22. The fourth-order valence-electron chi connectivity index (χ4n) is 4.14. The summed E-state index contributed by atoms with van der Waals surface area (Å²) in [4.78, 5) is 4.12. The van der Waals surface area contributed by atoms with E-state index in [4.69, 9.17) is 37.4 Å². The molecular formula is C25H24Cl2N4O4. The Kier molecular flexibility index (Phi) is 7.08. The van der Waals surface area contributed by atoms with E-state index in [1.807, 2.05) is 47.2 Å². The summed E-state index contributed by atoms with van der Waals surface area (Å²) >= 11 is 12.6. The number of halogens is 2. The molecule has 2 aromatic heterocycles. The average Bonchev–Trinajstić information content (AvgIpc) is 3.61. The van der Waals surface area contributed by atoms with Gasteiger partial charge in [-0.05, 0) is 42.5 Å². The summed E-state index contributed by atoms with van der Waals surface area (Å²) in [7, 11) is 0. The summed E-state index contributed by atoms with van der Waals surface area (Å²) in [6, 6.07) is 14.9. The molecule has 182 valence electrons. The van der Waals surface area contributed by atoms with Crippen LogP contribution < -0.4 is 4.74 Å². The predicted octanol–water partition coefficient (Wildman–Crippen LogP) is 4.39. The summed E-state index contributed by atoms with van der Waals surface area (Å²) in [6.45, 7) is 1.49. The van der Waals surface area contributed by atoms with Gasteiger partial charge in [-0.25, -0.2) is 4.98 Å². The van der Waals surface area contributed by atoms with Crippen molar-refractivity contribution in [1.29, 1.82) is 0 Å². The smallest absolute Gasteiger partial charge is 0.215 e. The predicted molar refractivity (Wildman–Crippen MR) is 131 cm³/mol. The zero-order valence-corrected chi connectivity index (χ0v) is 20.3. The maximum Gasteiger partial charge on any atom is 0.215 e. The summed E-state index contributed by atoms with van der Waals surface area (Å²) < 4.78 is 22.3. The fourth-order valence-corrected chi connectivity index (χ4v) is 4.69. The molecule has 10 heteroatoms. The van der Waals surface area contributed by atoms with Crippen LogP contribution in [-0.4, -0.2) is 50.4 Å². The first kappa shape index (κ1) is 23.8. The van der Waals surface area contributed by atoms with Gasteiger partial charge in [0.1, 0.15) is 18.5 Å². The number of aliphatic hydroxyl groups is 1. The number of hydrogen-bond donors (Lipinski definition) is 1. The average molecular weight is 515 g/mol. The van der Waals surface area contributed by atoms with E-state index in [0.717, 1.165) is 11.3 Å². The molecule has 1 N–H and O–H groups in total. The molecule has 5 rings (SSSR count). The van der Waals surface area contributed by atoms with Gasteiger partial charge in [-0.2, -0.15) is 5.10 Å². The Hall–Kier alpha value is -2.88. The SMILES string of the molecule is OCCn1nccc1-c1ccc(OC[C@@H]2CO[C@@](Cn3ccnc3)(c3ccc(Cl)cc3Cl)O2)cc1. The Bertz CT molecular complexity index is 1260. The van der Waals surface area contributed by atoms with Crippen molar-refractivity contribution >= 4 is 23.2 Å². The van der Waals surface area contributed by atoms with E-state index in [-0.39, 0.29) is 12.7 Å². The van der Waals surface area contributed by atoms with Gasteiger partial charge in [0.25, 0.3) is 0 Å². The van der Waals surface area contributed by atoms with E-state index in [9.17, 15) is 5.11 Å². The highest BCUT2D eigenvalue weighted by atomic mass is 35.5. The molecule has 2 atom stereocenters. The zero-order valence-electron chi connectivity index (χ0n) is 18.8. The lowest BCUT2D eigenvalue weighted by atomic mass is 10.1. The van der Waals surface area contributed by atoms with Gasteiger partial charge in [-0.3, -0.25) is 4.68 Å². The fraction of sp³-hybridized carbons (Fsp3) is 0.280. The molecule has 1 fully saturated rings. The van der Waals surface area contributed by atoms with Crippen LogP contribution in [0, 0.1) is 0 Å². The molecule has 1 saturated heterocycles. The van der Waals surface area contributed by atoms with Gasteiger partial charge in [0.2, 0.25) is 5.79 Å². The molecular weight excluding hydrogens is 491 g/mol. The van der Waals surface area contributed by atoms with E-state index in [1.54, 1.807) is 35.5 Å². The van der Waals surface area contributed by atoms with Crippen molar-refractivity contribution in [3.8, 4) is 17.0 Å². The minimum atomic E-state index is -1.09. The zero-order chi connectivity index (χ0) is 24.3. The maximum atomic E-state index is 9.22. The van der Waals surface area contributed by atoms with Gasteiger partial charge in [-0.1, -0.05) is 29.3 Å². The van der Waals surface area contributed by atoms with E-state index in [2.05, 4.69) is 10.1 Å². The van der Waals surface area contributed by atoms with Crippen LogP contribution in [0.5, 0.6) is 5.75 Å². The Morgan fingerprint density at radius 2 is 1.97 bits per heavy atom. The van der Waals surface area contributed by atoms with Crippen molar-refractivity contribution in [2.45, 2.75) is 25.0 Å². The Morgan fingerprint density at radius 1 is 1.11 bits per heavy atom. The van der Waals surface area contributed by atoms with Gasteiger partial charge in [0, 0.05) is 34.7 Å². The third-order valence-corrected chi connectivity index (χ3v) is 6.31. The highest BCUT2D eigenvalue weighted by molar-refractivity contribution is 6.35. The van der Waals surface area contributed by atoms with Crippen molar-refractivity contribution < 1.29 is 19.3 Å². The van der Waals surface area contributed by atoms with Crippen molar-refractivity contribution in [2.75, 3.05) is 19.8 Å². The molecule has 0 aliphatic carbocycles. The van der Waals surface area contributed by atoms with Crippen LogP contribution in [0.3, 0.4) is 0 Å². The summed E-state index contributed by atoms with van der Waals surface area (Å²) in [5.41, 5.74) is 2.62. The van der Waals surface area contributed by atoms with Crippen molar-refractivity contribution in [3.63, 3.8) is 0 Å². The maximum absolute atomic E-state index is 9.22. The van der Waals surface area contributed by atoms with E-state index in [1.165, 1.54) is 0 Å². The molecule has 0 bridgehead atoms. The minimum Gasteiger partial charge on any atom is -0.491 e. The number of aromatic nitrogens is 4. The Morgan fingerprint density at radius 3 is 2.71 bits per heavy atom. The van der Waals surface area contributed by atoms with Gasteiger partial charge in [0.05, 0.1) is 43.3 Å². The normalized spacial score (nSPS) is 19.8. The molecule has 0 amide bonds. The van der Waals surface area contributed by atoms with Gasteiger partial charge >= 0.3 is 0 Å². The second-order valence-corrected chi connectivity index (χ2v) is 9.01. The summed E-state index contributed by atoms with van der Waals surface area (Å²) in [6.07, 6.45) is 6.66. The number of imidazole rings is 1. The molecule has 35 heavy (non-hydrogen) atoms. The van der Waals surface area contributed by atoms with Crippen LogP contribution in [-0.2, 0) is 28.4 Å². The number of nitrogens with zero attached hydrogens (tertiary/aromatic N) is 4. The number of hydrogen-bond acceptors (Lipinski definition) is 6. The van der Waals surface area contributed by atoms with Crippen LogP contribution in [0.2, 0.25) is 10.0 Å². The highest BCUT2D eigenvalue weighted by Crippen LogP contribution is 2.40. The highest BCUT2D eigenvalue weighted by Gasteiger charge is 2.45. The quantitative estimate of drug-likeness (QED) is 0.356. The molecule has 8 nitrogen and oxygen atoms in total. The Balaban J connectivity index is 1.28. The largest absolute Gasteiger partial charge is 0.491 e. The van der Waals surface area contributed by atoms with E-state index < -0.39 is 5.79 Å². The van der Waals surface area contributed by atoms with Gasteiger partial charge in [0.15, 0.2) is 0 Å². The number of rotatable bonds is 9. The van der Waals surface area contributed by atoms with Crippen LogP contribution in [0.1, 0.15) is 5.56 Å². The summed E-state index contributed by atoms with van der Waals surface area (Å²) in [5, 5.41) is 14.5. The molecule has 0 radical (unpaired) electrons. The first-order valence-electron chi connectivity index (χ1n) is 11.2. The molecule has 4 aromatic rings. The van der Waals surface area contributed by atoms with Gasteiger partial charge in [-0.15, -0.1) is 0 Å². The lowest BCUT2D eigenvalue weighted by molar-refractivity contribution is -0.189. The first-order valence-corrected chi connectivity index (χ1v) is 11.9. The number of aliphatic hydroxyl groups excluding tert-OH is 1. The van der Waals surface area contributed by atoms with Crippen molar-refractivity contribution in [2.24, 2.45) is 0 Å². The van der Waals surface area contributed by atoms with Crippen molar-refractivity contribution in [3.05, 3.63) is 89.1 Å². The molecule has 0 saturated carbocycles. The molecule has 1 aliphatic rings. The van der Waals surface area contributed by atoms with Crippen LogP contribution in [0.15, 0.2) is 73.4 Å². The second-order valence-electron chi connectivity index (χ2n) is 8.16. The van der Waals surface area contributed by atoms with E-state index in [0.29, 0.717) is 47.7 Å². The molecule has 3 heterocycles. The second kappa shape index (κ2) is 10.4. The van der Waals surface area contributed by atoms with E-state index >= 15 is 0 Å².